The minimum atomic E-state index is -0.0721. The van der Waals surface area contributed by atoms with Crippen molar-refractivity contribution in [3.63, 3.8) is 0 Å². The van der Waals surface area contributed by atoms with Crippen LogP contribution in [0.25, 0.3) is 10.9 Å². The van der Waals surface area contributed by atoms with Crippen LogP contribution in [0.4, 0.5) is 0 Å². The van der Waals surface area contributed by atoms with Gasteiger partial charge in [0.2, 0.25) is 0 Å². The van der Waals surface area contributed by atoms with Gasteiger partial charge < -0.3 is 20.4 Å². The van der Waals surface area contributed by atoms with Gasteiger partial charge in [0.15, 0.2) is 5.96 Å². The summed E-state index contributed by atoms with van der Waals surface area (Å²) in [6, 6.07) is 10.5. The van der Waals surface area contributed by atoms with Crippen molar-refractivity contribution in [2.75, 3.05) is 19.7 Å². The average molecular weight is 314 g/mol. The summed E-state index contributed by atoms with van der Waals surface area (Å²) in [5.41, 5.74) is 2.20. The van der Waals surface area contributed by atoms with Crippen molar-refractivity contribution >= 4 is 16.9 Å². The Labute approximate surface area is 137 Å². The van der Waals surface area contributed by atoms with Crippen molar-refractivity contribution in [3.05, 3.63) is 36.0 Å². The first-order valence-corrected chi connectivity index (χ1v) is 8.41. The quantitative estimate of drug-likeness (QED) is 0.587. The standard InChI is InChI=1S/C18H26N4O/c1-3-19-17(21-13-18(2)9-6-10-23-18)20-12-15-11-14-7-4-5-8-16(14)22-15/h4-5,7-8,11,22H,3,6,9-10,12-13H2,1-2H3,(H2,19,20,21). The van der Waals surface area contributed by atoms with Gasteiger partial charge in [0.05, 0.1) is 12.1 Å². The van der Waals surface area contributed by atoms with E-state index in [4.69, 9.17) is 4.74 Å². The number of guanidine groups is 1. The minimum absolute atomic E-state index is 0.0721. The number of benzene rings is 1. The number of fused-ring (bicyclic) bond motifs is 1. The zero-order chi connectivity index (χ0) is 16.1. The third kappa shape index (κ3) is 4.05. The smallest absolute Gasteiger partial charge is 0.191 e. The van der Waals surface area contributed by atoms with Crippen LogP contribution in [0.1, 0.15) is 32.4 Å². The molecule has 0 amide bonds. The molecule has 1 aromatic carbocycles. The summed E-state index contributed by atoms with van der Waals surface area (Å²) >= 11 is 0. The average Bonchev–Trinajstić information content (AvgIpc) is 3.16. The lowest BCUT2D eigenvalue weighted by molar-refractivity contribution is 0.0243. The first-order valence-electron chi connectivity index (χ1n) is 8.41. The topological polar surface area (TPSA) is 61.4 Å². The largest absolute Gasteiger partial charge is 0.373 e. The molecule has 1 aliphatic rings. The van der Waals surface area contributed by atoms with Gasteiger partial charge >= 0.3 is 0 Å². The van der Waals surface area contributed by atoms with Crippen LogP contribution in [0.5, 0.6) is 0 Å². The summed E-state index contributed by atoms with van der Waals surface area (Å²) in [6.07, 6.45) is 2.24. The minimum Gasteiger partial charge on any atom is -0.373 e. The van der Waals surface area contributed by atoms with Gasteiger partial charge in [0.1, 0.15) is 0 Å². The van der Waals surface area contributed by atoms with Gasteiger partial charge in [-0.1, -0.05) is 18.2 Å². The van der Waals surface area contributed by atoms with E-state index in [0.29, 0.717) is 6.54 Å². The van der Waals surface area contributed by atoms with Crippen LogP contribution in [0.15, 0.2) is 35.3 Å². The van der Waals surface area contributed by atoms with E-state index in [1.54, 1.807) is 0 Å². The lowest BCUT2D eigenvalue weighted by atomic mass is 10.0. The lowest BCUT2D eigenvalue weighted by Gasteiger charge is -2.24. The predicted octanol–water partition coefficient (Wildman–Crippen LogP) is 2.79. The maximum atomic E-state index is 5.82. The molecule has 3 N–H and O–H groups in total. The number of aromatic amines is 1. The second kappa shape index (κ2) is 7.04. The summed E-state index contributed by atoms with van der Waals surface area (Å²) < 4.78 is 5.82. The van der Waals surface area contributed by atoms with E-state index in [2.05, 4.69) is 58.7 Å². The molecule has 1 saturated heterocycles. The fourth-order valence-electron chi connectivity index (χ4n) is 2.97. The summed E-state index contributed by atoms with van der Waals surface area (Å²) in [4.78, 5) is 8.09. The van der Waals surface area contributed by atoms with Crippen molar-refractivity contribution in [2.45, 2.75) is 38.8 Å². The van der Waals surface area contributed by atoms with E-state index < -0.39 is 0 Å². The molecule has 23 heavy (non-hydrogen) atoms. The van der Waals surface area contributed by atoms with Crippen LogP contribution in [0, 0.1) is 0 Å². The molecular weight excluding hydrogens is 288 g/mol. The van der Waals surface area contributed by atoms with Gasteiger partial charge in [-0.3, -0.25) is 0 Å². The van der Waals surface area contributed by atoms with Crippen molar-refractivity contribution in [2.24, 2.45) is 4.99 Å². The Morgan fingerprint density at radius 2 is 2.22 bits per heavy atom. The Balaban J connectivity index is 1.63. The molecule has 1 fully saturated rings. The number of nitrogens with zero attached hydrogens (tertiary/aromatic N) is 1. The number of para-hydroxylation sites is 1. The van der Waals surface area contributed by atoms with Crippen LogP contribution in [-0.4, -0.2) is 36.2 Å². The van der Waals surface area contributed by atoms with E-state index >= 15 is 0 Å². The molecule has 1 atom stereocenters. The highest BCUT2D eigenvalue weighted by molar-refractivity contribution is 5.81. The number of ether oxygens (including phenoxy) is 1. The molecule has 124 valence electrons. The fourth-order valence-corrected chi connectivity index (χ4v) is 2.97. The SMILES string of the molecule is CCNC(=NCc1cc2ccccc2[nH]1)NCC1(C)CCCO1. The van der Waals surface area contributed by atoms with Gasteiger partial charge in [-0.05, 0) is 44.2 Å². The van der Waals surface area contributed by atoms with E-state index in [-0.39, 0.29) is 5.60 Å². The Kier molecular flexibility index (Phi) is 4.86. The molecule has 5 heteroatoms. The molecule has 3 rings (SSSR count). The van der Waals surface area contributed by atoms with Crippen LogP contribution in [0.2, 0.25) is 0 Å². The zero-order valence-electron chi connectivity index (χ0n) is 14.0. The third-order valence-corrected chi connectivity index (χ3v) is 4.27. The van der Waals surface area contributed by atoms with Gasteiger partial charge in [0, 0.05) is 30.9 Å². The van der Waals surface area contributed by atoms with Gasteiger partial charge in [-0.25, -0.2) is 4.99 Å². The molecule has 2 heterocycles. The van der Waals surface area contributed by atoms with E-state index in [1.165, 1.54) is 5.39 Å². The second-order valence-corrected chi connectivity index (χ2v) is 6.33. The number of aromatic nitrogens is 1. The number of aliphatic imine (C=N–C) groups is 1. The molecule has 0 bridgehead atoms. The molecule has 0 spiro atoms. The van der Waals surface area contributed by atoms with E-state index in [1.807, 2.05) is 6.07 Å². The highest BCUT2D eigenvalue weighted by Crippen LogP contribution is 2.23. The first-order chi connectivity index (χ1) is 11.2. The van der Waals surface area contributed by atoms with Crippen LogP contribution >= 0.6 is 0 Å². The number of H-pyrrole nitrogens is 1. The van der Waals surface area contributed by atoms with E-state index in [0.717, 1.165) is 49.7 Å². The molecule has 0 aliphatic carbocycles. The highest BCUT2D eigenvalue weighted by Gasteiger charge is 2.29. The summed E-state index contributed by atoms with van der Waals surface area (Å²) in [5.74, 6) is 0.836. The van der Waals surface area contributed by atoms with Crippen molar-refractivity contribution in [3.8, 4) is 0 Å². The molecular formula is C18H26N4O. The van der Waals surface area contributed by atoms with Gasteiger partial charge in [-0.2, -0.15) is 0 Å². The second-order valence-electron chi connectivity index (χ2n) is 6.33. The van der Waals surface area contributed by atoms with Gasteiger partial charge in [0.25, 0.3) is 0 Å². The molecule has 1 aromatic heterocycles. The lowest BCUT2D eigenvalue weighted by Crippen LogP contribution is -2.45. The first kappa shape index (κ1) is 15.9. The normalized spacial score (nSPS) is 21.7. The number of rotatable bonds is 5. The van der Waals surface area contributed by atoms with Crippen LogP contribution < -0.4 is 10.6 Å². The Bertz CT molecular complexity index is 637. The van der Waals surface area contributed by atoms with Crippen molar-refractivity contribution in [1.29, 1.82) is 0 Å². The Morgan fingerprint density at radius 3 is 2.96 bits per heavy atom. The zero-order valence-corrected chi connectivity index (χ0v) is 14.0. The van der Waals surface area contributed by atoms with Gasteiger partial charge in [-0.15, -0.1) is 0 Å². The molecule has 1 unspecified atom stereocenters. The number of nitrogens with one attached hydrogen (secondary N) is 3. The predicted molar refractivity (Wildman–Crippen MR) is 94.7 cm³/mol. The Morgan fingerprint density at radius 1 is 1.35 bits per heavy atom. The van der Waals surface area contributed by atoms with Crippen molar-refractivity contribution in [1.82, 2.24) is 15.6 Å². The Hall–Kier alpha value is -2.01. The van der Waals surface area contributed by atoms with Crippen LogP contribution in [-0.2, 0) is 11.3 Å². The van der Waals surface area contributed by atoms with E-state index in [9.17, 15) is 0 Å². The number of hydrogen-bond donors (Lipinski definition) is 3. The molecule has 2 aromatic rings. The molecule has 0 saturated carbocycles. The monoisotopic (exact) mass is 314 g/mol. The number of hydrogen-bond acceptors (Lipinski definition) is 2. The maximum absolute atomic E-state index is 5.82. The van der Waals surface area contributed by atoms with Crippen LogP contribution in [0.3, 0.4) is 0 Å². The third-order valence-electron chi connectivity index (χ3n) is 4.27. The summed E-state index contributed by atoms with van der Waals surface area (Å²) in [6.45, 7) is 7.35. The van der Waals surface area contributed by atoms with Crippen molar-refractivity contribution < 1.29 is 4.74 Å². The molecule has 5 nitrogen and oxygen atoms in total. The highest BCUT2D eigenvalue weighted by atomic mass is 16.5. The molecule has 0 radical (unpaired) electrons. The summed E-state index contributed by atoms with van der Waals surface area (Å²) in [7, 11) is 0. The fraction of sp³-hybridized carbons (Fsp3) is 0.500. The maximum Gasteiger partial charge on any atom is 0.191 e. The summed E-state index contributed by atoms with van der Waals surface area (Å²) in [5, 5.41) is 7.93. The molecule has 1 aliphatic heterocycles.